The van der Waals surface area contributed by atoms with Crippen LogP contribution in [0.3, 0.4) is 0 Å². The van der Waals surface area contributed by atoms with Gasteiger partial charge in [-0.1, -0.05) is 11.8 Å². The van der Waals surface area contributed by atoms with Gasteiger partial charge in [0.25, 0.3) is 0 Å². The largest absolute Gasteiger partial charge is 0.396 e. The number of aliphatic hydroxyl groups excluding tert-OH is 1. The van der Waals surface area contributed by atoms with Crippen LogP contribution < -0.4 is 0 Å². The third-order valence-corrected chi connectivity index (χ3v) is 4.97. The van der Waals surface area contributed by atoms with Gasteiger partial charge < -0.3 is 14.6 Å². The minimum atomic E-state index is 0.164. The molecule has 0 aromatic carbocycles. The highest BCUT2D eigenvalue weighted by Crippen LogP contribution is 2.37. The molecule has 1 amide bonds. The first kappa shape index (κ1) is 13.9. The van der Waals surface area contributed by atoms with Gasteiger partial charge in [-0.25, -0.2) is 0 Å². The van der Waals surface area contributed by atoms with Crippen LogP contribution in [0.5, 0.6) is 0 Å². The lowest BCUT2D eigenvalue weighted by atomic mass is 9.98. The number of thioether (sulfide) groups is 1. The van der Waals surface area contributed by atoms with Gasteiger partial charge >= 0.3 is 0 Å². The minimum Gasteiger partial charge on any atom is -0.396 e. The second-order valence-electron chi connectivity index (χ2n) is 5.55. The molecular formula is C13H20N4O2S. The monoisotopic (exact) mass is 296 g/mol. The lowest BCUT2D eigenvalue weighted by Gasteiger charge is -2.31. The van der Waals surface area contributed by atoms with E-state index in [-0.39, 0.29) is 12.5 Å². The fourth-order valence-electron chi connectivity index (χ4n) is 2.52. The first-order valence-corrected chi connectivity index (χ1v) is 8.17. The summed E-state index contributed by atoms with van der Waals surface area (Å²) in [4.78, 5) is 14.1. The topological polar surface area (TPSA) is 71.2 Å². The van der Waals surface area contributed by atoms with Crippen molar-refractivity contribution in [3.63, 3.8) is 0 Å². The van der Waals surface area contributed by atoms with Crippen molar-refractivity contribution in [3.05, 3.63) is 6.33 Å². The van der Waals surface area contributed by atoms with Crippen LogP contribution in [0.1, 0.15) is 31.7 Å². The summed E-state index contributed by atoms with van der Waals surface area (Å²) in [5.74, 6) is 0.955. The maximum Gasteiger partial charge on any atom is 0.233 e. The van der Waals surface area contributed by atoms with Crippen LogP contribution in [0.4, 0.5) is 0 Å². The molecule has 1 aliphatic heterocycles. The normalized spacial score (nSPS) is 20.4. The van der Waals surface area contributed by atoms with Gasteiger partial charge in [-0.2, -0.15) is 0 Å². The number of aliphatic hydroxyl groups is 1. The number of amides is 1. The Morgan fingerprint density at radius 1 is 1.35 bits per heavy atom. The van der Waals surface area contributed by atoms with E-state index in [1.165, 1.54) is 24.6 Å². The summed E-state index contributed by atoms with van der Waals surface area (Å²) in [6.45, 7) is 1.77. The van der Waals surface area contributed by atoms with E-state index in [2.05, 4.69) is 14.8 Å². The van der Waals surface area contributed by atoms with Gasteiger partial charge in [0.15, 0.2) is 5.16 Å². The van der Waals surface area contributed by atoms with Crippen molar-refractivity contribution in [2.45, 2.75) is 36.9 Å². The molecule has 1 N–H and O–H groups in total. The first-order chi connectivity index (χ1) is 9.78. The molecular weight excluding hydrogens is 276 g/mol. The average Bonchev–Trinajstić information content (AvgIpc) is 3.23. The first-order valence-electron chi connectivity index (χ1n) is 7.19. The Kier molecular flexibility index (Phi) is 4.26. The summed E-state index contributed by atoms with van der Waals surface area (Å²) in [5.41, 5.74) is 0. The molecule has 1 aromatic rings. The molecule has 1 saturated heterocycles. The van der Waals surface area contributed by atoms with Crippen molar-refractivity contribution in [1.29, 1.82) is 0 Å². The summed E-state index contributed by atoms with van der Waals surface area (Å²) >= 11 is 1.48. The van der Waals surface area contributed by atoms with Gasteiger partial charge in [0.1, 0.15) is 6.33 Å². The summed E-state index contributed by atoms with van der Waals surface area (Å²) < 4.78 is 2.08. The number of carbonyl (C=O) groups is 1. The van der Waals surface area contributed by atoms with E-state index in [4.69, 9.17) is 5.11 Å². The summed E-state index contributed by atoms with van der Waals surface area (Å²) in [7, 11) is 0. The highest BCUT2D eigenvalue weighted by atomic mass is 32.2. The smallest absolute Gasteiger partial charge is 0.233 e. The predicted molar refractivity (Wildman–Crippen MR) is 75.4 cm³/mol. The molecule has 2 heterocycles. The summed E-state index contributed by atoms with van der Waals surface area (Å²) in [5, 5.41) is 18.0. The fourth-order valence-corrected chi connectivity index (χ4v) is 3.41. The van der Waals surface area contributed by atoms with Crippen molar-refractivity contribution in [2.24, 2.45) is 5.92 Å². The second kappa shape index (κ2) is 6.13. The molecule has 2 fully saturated rings. The lowest BCUT2D eigenvalue weighted by molar-refractivity contribution is -0.129. The van der Waals surface area contributed by atoms with Crippen LogP contribution in [0.15, 0.2) is 11.5 Å². The van der Waals surface area contributed by atoms with E-state index in [0.717, 1.165) is 31.1 Å². The zero-order valence-electron chi connectivity index (χ0n) is 11.4. The number of hydrogen-bond acceptors (Lipinski definition) is 5. The number of piperidine rings is 1. The third kappa shape index (κ3) is 3.15. The maximum atomic E-state index is 12.2. The Bertz CT molecular complexity index is 467. The summed E-state index contributed by atoms with van der Waals surface area (Å²) in [6, 6.07) is 0.544. The van der Waals surface area contributed by atoms with Gasteiger partial charge in [-0.15, -0.1) is 10.2 Å². The maximum absolute atomic E-state index is 12.2. The molecule has 3 rings (SSSR count). The van der Waals surface area contributed by atoms with Crippen LogP contribution in [-0.2, 0) is 4.79 Å². The van der Waals surface area contributed by atoms with Crippen LogP contribution >= 0.6 is 11.8 Å². The Hall–Kier alpha value is -1.08. The van der Waals surface area contributed by atoms with Crippen molar-refractivity contribution >= 4 is 17.7 Å². The molecule has 0 bridgehead atoms. The molecule has 0 atom stereocenters. The molecule has 1 aliphatic carbocycles. The number of nitrogens with zero attached hydrogens (tertiary/aromatic N) is 4. The number of carbonyl (C=O) groups excluding carboxylic acids is 1. The molecule has 0 radical (unpaired) electrons. The van der Waals surface area contributed by atoms with E-state index in [9.17, 15) is 4.79 Å². The number of rotatable bonds is 5. The Morgan fingerprint density at radius 2 is 2.10 bits per heavy atom. The number of aromatic nitrogens is 3. The highest BCUT2D eigenvalue weighted by Gasteiger charge is 2.27. The Balaban J connectivity index is 1.48. The molecule has 20 heavy (non-hydrogen) atoms. The fraction of sp³-hybridized carbons (Fsp3) is 0.769. The lowest BCUT2D eigenvalue weighted by Crippen LogP contribution is -2.40. The Morgan fingerprint density at radius 3 is 2.75 bits per heavy atom. The van der Waals surface area contributed by atoms with E-state index in [0.29, 0.717) is 17.7 Å². The van der Waals surface area contributed by atoms with Gasteiger partial charge in [-0.3, -0.25) is 4.79 Å². The Labute approximate surface area is 122 Å². The van der Waals surface area contributed by atoms with Crippen LogP contribution in [0.25, 0.3) is 0 Å². The van der Waals surface area contributed by atoms with Gasteiger partial charge in [0.2, 0.25) is 5.91 Å². The average molecular weight is 296 g/mol. The van der Waals surface area contributed by atoms with Crippen LogP contribution in [-0.4, -0.2) is 56.1 Å². The molecule has 7 heteroatoms. The van der Waals surface area contributed by atoms with Gasteiger partial charge in [0.05, 0.1) is 5.75 Å². The molecule has 110 valence electrons. The predicted octanol–water partition coefficient (Wildman–Crippen LogP) is 0.936. The second-order valence-corrected chi connectivity index (χ2v) is 6.49. The van der Waals surface area contributed by atoms with E-state index < -0.39 is 0 Å². The molecule has 2 aliphatic rings. The van der Waals surface area contributed by atoms with Crippen molar-refractivity contribution < 1.29 is 9.90 Å². The van der Waals surface area contributed by atoms with Crippen LogP contribution in [0.2, 0.25) is 0 Å². The molecule has 1 aromatic heterocycles. The van der Waals surface area contributed by atoms with Crippen molar-refractivity contribution in [1.82, 2.24) is 19.7 Å². The summed E-state index contributed by atoms with van der Waals surface area (Å²) in [6.07, 6.45) is 5.95. The van der Waals surface area contributed by atoms with E-state index in [1.54, 1.807) is 6.33 Å². The third-order valence-electron chi connectivity index (χ3n) is 4.03. The zero-order valence-corrected chi connectivity index (χ0v) is 12.3. The van der Waals surface area contributed by atoms with Crippen molar-refractivity contribution in [3.8, 4) is 0 Å². The SMILES string of the molecule is O=C(CSc1nncn1C1CC1)N1CCC(CO)CC1. The highest BCUT2D eigenvalue weighted by molar-refractivity contribution is 7.99. The molecule has 6 nitrogen and oxygen atoms in total. The standard InChI is InChI=1S/C13H20N4O2S/c18-7-10-3-5-16(6-4-10)12(19)8-20-13-15-14-9-17(13)11-1-2-11/h9-11,18H,1-8H2. The number of likely N-dealkylation sites (tertiary alicyclic amines) is 1. The van der Waals surface area contributed by atoms with Gasteiger partial charge in [-0.05, 0) is 31.6 Å². The van der Waals surface area contributed by atoms with Crippen molar-refractivity contribution in [2.75, 3.05) is 25.4 Å². The number of hydrogen-bond donors (Lipinski definition) is 1. The quantitative estimate of drug-likeness (QED) is 0.819. The minimum absolute atomic E-state index is 0.164. The zero-order chi connectivity index (χ0) is 13.9. The van der Waals surface area contributed by atoms with E-state index in [1.807, 2.05) is 4.90 Å². The van der Waals surface area contributed by atoms with Crippen LogP contribution in [0, 0.1) is 5.92 Å². The van der Waals surface area contributed by atoms with E-state index >= 15 is 0 Å². The van der Waals surface area contributed by atoms with Gasteiger partial charge in [0, 0.05) is 25.7 Å². The molecule has 0 unspecified atom stereocenters. The molecule has 0 spiro atoms. The molecule has 1 saturated carbocycles.